The number of unbranched alkanes of at least 4 members (excludes halogenated alkanes) is 5. The van der Waals surface area contributed by atoms with Crippen LogP contribution in [0.15, 0.2) is 23.8 Å². The molecular formula is C61H119NO8. The molecule has 2 saturated carbocycles. The van der Waals surface area contributed by atoms with Crippen molar-refractivity contribution < 1.29 is 38.0 Å². The molecule has 0 spiro atoms. The molecule has 2 fully saturated rings. The highest BCUT2D eigenvalue weighted by molar-refractivity contribution is 5.98. The summed E-state index contributed by atoms with van der Waals surface area (Å²) < 4.78 is 37.2. The summed E-state index contributed by atoms with van der Waals surface area (Å²) in [5, 5.41) is 3.37. The Bertz CT molecular complexity index is 1270. The first-order valence-electron chi connectivity index (χ1n) is 28.6. The number of rotatable bonds is 35. The van der Waals surface area contributed by atoms with Gasteiger partial charge in [-0.15, -0.1) is 0 Å². The molecule has 0 radical (unpaired) electrons. The fourth-order valence-corrected chi connectivity index (χ4v) is 7.12. The highest BCUT2D eigenvalue weighted by Crippen LogP contribution is 2.38. The Hall–Kier alpha value is -1.85. The van der Waals surface area contributed by atoms with E-state index in [0.717, 1.165) is 67.9 Å². The van der Waals surface area contributed by atoms with Crippen LogP contribution >= 0.6 is 0 Å². The van der Waals surface area contributed by atoms with Gasteiger partial charge in [-0.2, -0.15) is 0 Å². The average molecular weight is 995 g/mol. The first-order valence-corrected chi connectivity index (χ1v) is 28.6. The third-order valence-electron chi connectivity index (χ3n) is 13.0. The van der Waals surface area contributed by atoms with Crippen LogP contribution in [0, 0.1) is 30.1 Å². The summed E-state index contributed by atoms with van der Waals surface area (Å²) in [5.74, 6) is 2.97. The summed E-state index contributed by atoms with van der Waals surface area (Å²) in [5.41, 5.74) is 5.17. The van der Waals surface area contributed by atoms with Crippen LogP contribution in [0.25, 0.3) is 0 Å². The molecule has 0 bridgehead atoms. The Kier molecular flexibility index (Phi) is 55.3. The Balaban J connectivity index is -0.000000989. The topological polar surface area (TPSA) is 93.7 Å². The van der Waals surface area contributed by atoms with Gasteiger partial charge in [0.05, 0.1) is 46.2 Å². The van der Waals surface area contributed by atoms with Gasteiger partial charge in [-0.1, -0.05) is 165 Å². The van der Waals surface area contributed by atoms with Crippen molar-refractivity contribution in [1.82, 2.24) is 5.32 Å². The van der Waals surface area contributed by atoms with E-state index in [0.29, 0.717) is 58.3 Å². The Morgan fingerprint density at radius 1 is 0.686 bits per heavy atom. The number of nitrogens with one attached hydrogen (secondary N) is 1. The second-order valence-corrected chi connectivity index (χ2v) is 20.2. The molecule has 1 aromatic rings. The maximum atomic E-state index is 12.7. The second kappa shape index (κ2) is 53.4. The van der Waals surface area contributed by atoms with E-state index in [-0.39, 0.29) is 11.7 Å². The van der Waals surface area contributed by atoms with Crippen LogP contribution in [0.3, 0.4) is 0 Å². The molecule has 3 rings (SSSR count). The highest BCUT2D eigenvalue weighted by atomic mass is 16.6. The molecule has 0 amide bonds. The molecule has 0 unspecified atom stereocenters. The molecule has 416 valence electrons. The zero-order valence-corrected chi connectivity index (χ0v) is 49.4. The van der Waals surface area contributed by atoms with Crippen LogP contribution in [0.2, 0.25) is 0 Å². The molecule has 2 aliphatic rings. The predicted octanol–water partition coefficient (Wildman–Crippen LogP) is 16.0. The van der Waals surface area contributed by atoms with Gasteiger partial charge in [0.1, 0.15) is 12.4 Å². The van der Waals surface area contributed by atoms with Crippen molar-refractivity contribution in [2.45, 2.75) is 218 Å². The third kappa shape index (κ3) is 46.0. The van der Waals surface area contributed by atoms with Crippen molar-refractivity contribution >= 4 is 5.78 Å². The number of carbonyl (C=O) groups is 1. The van der Waals surface area contributed by atoms with E-state index in [2.05, 4.69) is 93.6 Å². The fraction of sp³-hybridized carbons (Fsp3) is 0.852. The minimum absolute atomic E-state index is 0.0442. The van der Waals surface area contributed by atoms with Gasteiger partial charge in [-0.05, 0) is 119 Å². The van der Waals surface area contributed by atoms with Gasteiger partial charge < -0.3 is 38.5 Å². The first-order chi connectivity index (χ1) is 33.7. The molecule has 2 aliphatic carbocycles. The van der Waals surface area contributed by atoms with Crippen LogP contribution in [0.1, 0.15) is 227 Å². The first kappa shape index (κ1) is 72.4. The van der Waals surface area contributed by atoms with Gasteiger partial charge in [0.15, 0.2) is 5.78 Å². The van der Waals surface area contributed by atoms with Crippen molar-refractivity contribution in [2.24, 2.45) is 23.2 Å². The van der Waals surface area contributed by atoms with Crippen LogP contribution in [-0.2, 0) is 34.8 Å². The third-order valence-corrected chi connectivity index (χ3v) is 13.0. The van der Waals surface area contributed by atoms with Gasteiger partial charge in [0, 0.05) is 46.0 Å². The molecule has 0 aliphatic heterocycles. The number of ketones is 1. The van der Waals surface area contributed by atoms with E-state index in [1.54, 1.807) is 21.3 Å². The SMILES string of the molecule is CCC(C)(C)CC1CCC1.CCC=C(C)CC.CCCC.CCCCCOC.CCNCCCCCc1cc(C(=O)C(C)C)cc(OCCOCCOCCOCCOC)c1C.COCCC1CCC1. The molecule has 9 nitrogen and oxygen atoms in total. The van der Waals surface area contributed by atoms with Gasteiger partial charge in [0.2, 0.25) is 0 Å². The second-order valence-electron chi connectivity index (χ2n) is 20.2. The zero-order chi connectivity index (χ0) is 53.1. The number of ether oxygens (including phenoxy) is 7. The molecule has 70 heavy (non-hydrogen) atoms. The quantitative estimate of drug-likeness (QED) is 0.0405. The van der Waals surface area contributed by atoms with E-state index >= 15 is 0 Å². The Labute approximate surface area is 435 Å². The van der Waals surface area contributed by atoms with Crippen molar-refractivity contribution in [2.75, 3.05) is 100 Å². The number of carbonyl (C=O) groups excluding carboxylic acids is 1. The van der Waals surface area contributed by atoms with Crippen molar-refractivity contribution in [3.63, 3.8) is 0 Å². The molecule has 0 atom stereocenters. The normalized spacial score (nSPS) is 13.4. The number of hydrogen-bond acceptors (Lipinski definition) is 9. The van der Waals surface area contributed by atoms with Crippen LogP contribution in [-0.4, -0.2) is 106 Å². The lowest BCUT2D eigenvalue weighted by Crippen LogP contribution is -2.20. The molecule has 0 heterocycles. The number of allylic oxidation sites excluding steroid dienone is 2. The zero-order valence-electron chi connectivity index (χ0n) is 49.4. The molecular weight excluding hydrogens is 875 g/mol. The van der Waals surface area contributed by atoms with Gasteiger partial charge in [-0.3, -0.25) is 4.79 Å². The Morgan fingerprint density at radius 3 is 1.67 bits per heavy atom. The largest absolute Gasteiger partial charge is 0.491 e. The van der Waals surface area contributed by atoms with E-state index in [4.69, 9.17) is 33.2 Å². The summed E-state index contributed by atoms with van der Waals surface area (Å²) in [6.07, 6.45) is 28.4. The summed E-state index contributed by atoms with van der Waals surface area (Å²) in [4.78, 5) is 12.7. The average Bonchev–Trinajstić information content (AvgIpc) is 3.33. The van der Waals surface area contributed by atoms with Crippen LogP contribution in [0.5, 0.6) is 5.75 Å². The summed E-state index contributed by atoms with van der Waals surface area (Å²) in [6.45, 7) is 36.4. The van der Waals surface area contributed by atoms with E-state index < -0.39 is 0 Å². The van der Waals surface area contributed by atoms with E-state index in [9.17, 15) is 4.79 Å². The number of aryl methyl sites for hydroxylation is 1. The monoisotopic (exact) mass is 994 g/mol. The highest BCUT2D eigenvalue weighted by Gasteiger charge is 2.25. The molecule has 0 saturated heterocycles. The fourth-order valence-electron chi connectivity index (χ4n) is 7.12. The van der Waals surface area contributed by atoms with Gasteiger partial charge in [0.25, 0.3) is 0 Å². The molecule has 9 heteroatoms. The number of hydrogen-bond donors (Lipinski definition) is 1. The lowest BCUT2D eigenvalue weighted by atomic mass is 9.72. The van der Waals surface area contributed by atoms with Gasteiger partial charge in [-0.25, -0.2) is 0 Å². The van der Waals surface area contributed by atoms with Crippen molar-refractivity contribution in [1.29, 1.82) is 0 Å². The van der Waals surface area contributed by atoms with Crippen molar-refractivity contribution in [3.05, 3.63) is 40.5 Å². The molecule has 1 N–H and O–H groups in total. The smallest absolute Gasteiger partial charge is 0.165 e. The van der Waals surface area contributed by atoms with Crippen LogP contribution in [0.4, 0.5) is 0 Å². The molecule has 1 aromatic carbocycles. The van der Waals surface area contributed by atoms with Crippen LogP contribution < -0.4 is 10.1 Å². The lowest BCUT2D eigenvalue weighted by Gasteiger charge is -2.33. The predicted molar refractivity (Wildman–Crippen MR) is 302 cm³/mol. The van der Waals surface area contributed by atoms with Crippen molar-refractivity contribution in [3.8, 4) is 5.75 Å². The minimum Gasteiger partial charge on any atom is -0.491 e. The van der Waals surface area contributed by atoms with Gasteiger partial charge >= 0.3 is 0 Å². The number of Topliss-reactive ketones (excluding diaryl/α,β-unsaturated/α-hetero) is 1. The minimum atomic E-state index is -0.0442. The molecule has 0 aromatic heterocycles. The Morgan fingerprint density at radius 2 is 1.24 bits per heavy atom. The maximum Gasteiger partial charge on any atom is 0.165 e. The van der Waals surface area contributed by atoms with E-state index in [1.165, 1.54) is 127 Å². The lowest BCUT2D eigenvalue weighted by molar-refractivity contribution is 0.000136. The summed E-state index contributed by atoms with van der Waals surface area (Å²) >= 11 is 0. The number of methoxy groups -OCH3 is 3. The number of benzene rings is 1. The summed E-state index contributed by atoms with van der Waals surface area (Å²) in [6, 6.07) is 3.95. The summed E-state index contributed by atoms with van der Waals surface area (Å²) in [7, 11) is 5.17. The maximum absolute atomic E-state index is 12.7. The van der Waals surface area contributed by atoms with E-state index in [1.807, 2.05) is 19.9 Å². The standard InChI is InChI=1S/C27H47NO6.C10H20.C7H14O.C7H14.C6H14O.C4H10/c1-6-28-11-9-7-8-10-24-20-25(27(29)22(2)3)21-26(23(24)4)34-19-18-33-17-16-32-15-14-31-13-12-30-5;1-4-10(2,3)8-9-6-5-7-9;1-8-6-5-7-3-2-4-7;1-4-6-7(3)5-2;1-3-4-5-6-7-2;1-3-4-2/h20-22,28H,6-19H2,1-5H3;9H,4-8H2,1-3H3;7H,2-6H2,1H3;6H,4-5H2,1-3H3;3-6H2,1-2H3;3-4H2,1-2H3.